The molecule has 0 spiro atoms. The molecule has 5 rings (SSSR count). The summed E-state index contributed by atoms with van der Waals surface area (Å²) in [5.41, 5.74) is 11.9. The van der Waals surface area contributed by atoms with E-state index in [9.17, 15) is 4.79 Å². The molecule has 3 heterocycles. The first-order chi connectivity index (χ1) is 17.4. The molecule has 178 valence electrons. The molecule has 7 nitrogen and oxygen atoms in total. The lowest BCUT2D eigenvalue weighted by Gasteiger charge is -2.11. The van der Waals surface area contributed by atoms with E-state index in [1.54, 1.807) is 18.7 Å². The van der Waals surface area contributed by atoms with Gasteiger partial charge in [0.05, 0.1) is 11.1 Å². The number of nitrogens with one attached hydrogen (secondary N) is 1. The summed E-state index contributed by atoms with van der Waals surface area (Å²) < 4.78 is 2.01. The average Bonchev–Trinajstić information content (AvgIpc) is 3.19. The van der Waals surface area contributed by atoms with Gasteiger partial charge in [-0.3, -0.25) is 4.79 Å². The maximum Gasteiger partial charge on any atom is 0.250 e. The first-order valence-corrected chi connectivity index (χ1v) is 12.1. The van der Waals surface area contributed by atoms with Crippen LogP contribution in [0.5, 0.6) is 0 Å². The second-order valence-electron chi connectivity index (χ2n) is 8.35. The first kappa shape index (κ1) is 23.3. The van der Waals surface area contributed by atoms with Crippen molar-refractivity contribution in [3.05, 3.63) is 91.4 Å². The second kappa shape index (κ2) is 9.67. The van der Waals surface area contributed by atoms with Gasteiger partial charge < -0.3 is 15.6 Å². The number of aromatic nitrogens is 4. The Morgan fingerprint density at radius 3 is 2.36 bits per heavy atom. The molecule has 0 aliphatic rings. The molecule has 0 unspecified atom stereocenters. The number of nitrogens with two attached hydrogens (primary N) is 1. The zero-order valence-electron chi connectivity index (χ0n) is 19.9. The maximum absolute atomic E-state index is 12.0. The lowest BCUT2D eigenvalue weighted by Crippen LogP contribution is -2.11. The van der Waals surface area contributed by atoms with Crippen molar-refractivity contribution in [3.63, 3.8) is 0 Å². The zero-order chi connectivity index (χ0) is 25.2. The van der Waals surface area contributed by atoms with Crippen molar-refractivity contribution in [2.75, 3.05) is 11.1 Å². The third-order valence-electron chi connectivity index (χ3n) is 5.79. The molecule has 1 amide bonds. The van der Waals surface area contributed by atoms with Crippen LogP contribution in [0, 0.1) is 0 Å². The van der Waals surface area contributed by atoms with E-state index in [-0.39, 0.29) is 5.91 Å². The van der Waals surface area contributed by atoms with Crippen molar-refractivity contribution in [1.82, 2.24) is 19.5 Å². The molecule has 3 N–H and O–H groups in total. The number of carbonyl (C=O) groups excluding carboxylic acids is 1. The highest BCUT2D eigenvalue weighted by Crippen LogP contribution is 2.42. The second-order valence-corrected chi connectivity index (χ2v) is 9.45. The fourth-order valence-corrected chi connectivity index (χ4v) is 4.82. The number of nitrogens with zero attached hydrogens (tertiary/aromatic N) is 4. The molecule has 0 radical (unpaired) electrons. The number of benzene rings is 2. The Labute approximate surface area is 213 Å². The molecule has 8 heteroatoms. The van der Waals surface area contributed by atoms with Gasteiger partial charge >= 0.3 is 0 Å². The minimum absolute atomic E-state index is 0.212. The summed E-state index contributed by atoms with van der Waals surface area (Å²) in [5, 5.41) is 4.52. The van der Waals surface area contributed by atoms with Gasteiger partial charge in [0.25, 0.3) is 5.91 Å². The summed E-state index contributed by atoms with van der Waals surface area (Å²) in [6.07, 6.45) is 3.33. The Kier molecular flexibility index (Phi) is 6.26. The number of rotatable bonds is 6. The summed E-state index contributed by atoms with van der Waals surface area (Å²) in [6.45, 7) is 5.36. The van der Waals surface area contributed by atoms with E-state index >= 15 is 0 Å². The van der Waals surface area contributed by atoms with Crippen LogP contribution >= 0.6 is 11.8 Å². The van der Waals surface area contributed by atoms with Gasteiger partial charge in [-0.1, -0.05) is 54.7 Å². The van der Waals surface area contributed by atoms with Crippen molar-refractivity contribution < 1.29 is 4.79 Å². The number of aryl methyl sites for hydroxylation is 1. The van der Waals surface area contributed by atoms with Gasteiger partial charge in [-0.05, 0) is 42.8 Å². The van der Waals surface area contributed by atoms with E-state index in [2.05, 4.69) is 34.0 Å². The van der Waals surface area contributed by atoms with E-state index in [4.69, 9.17) is 10.7 Å². The van der Waals surface area contributed by atoms with Gasteiger partial charge in [-0.25, -0.2) is 15.0 Å². The standard InChI is InChI=1S/C28H24N6OS/c1-17(2)28(35)33-20-12-9-18(10-13-20)25-23(24-26(29)31-16-32-27(24)34(25)3)19-11-14-22(30-15-19)36-21-7-5-4-6-8-21/h4-16H,1H2,2-3H3,(H,33,35)(H2,29,31,32). The van der Waals surface area contributed by atoms with Crippen molar-refractivity contribution in [2.24, 2.45) is 7.05 Å². The quantitative estimate of drug-likeness (QED) is 0.284. The Hall–Kier alpha value is -4.43. The van der Waals surface area contributed by atoms with E-state index in [0.717, 1.165) is 43.3 Å². The number of anilines is 2. The molecule has 36 heavy (non-hydrogen) atoms. The van der Waals surface area contributed by atoms with Crippen molar-refractivity contribution >= 4 is 40.2 Å². The van der Waals surface area contributed by atoms with Gasteiger partial charge in [0.2, 0.25) is 0 Å². The van der Waals surface area contributed by atoms with Crippen molar-refractivity contribution in [1.29, 1.82) is 0 Å². The number of fused-ring (bicyclic) bond motifs is 1. The van der Waals surface area contributed by atoms with Crippen LogP contribution in [0.25, 0.3) is 33.4 Å². The molecule has 0 saturated heterocycles. The number of hydrogen-bond acceptors (Lipinski definition) is 6. The summed E-state index contributed by atoms with van der Waals surface area (Å²) in [5.74, 6) is 0.195. The average molecular weight is 493 g/mol. The molecule has 5 aromatic rings. The van der Waals surface area contributed by atoms with Gasteiger partial charge in [-0.2, -0.15) is 0 Å². The maximum atomic E-state index is 12.0. The number of carbonyl (C=O) groups is 1. The summed E-state index contributed by atoms with van der Waals surface area (Å²) >= 11 is 1.61. The van der Waals surface area contributed by atoms with Crippen molar-refractivity contribution in [3.8, 4) is 22.4 Å². The molecule has 0 aliphatic carbocycles. The lowest BCUT2D eigenvalue weighted by atomic mass is 10.00. The van der Waals surface area contributed by atoms with Crippen LogP contribution in [0.15, 0.2) is 101 Å². The van der Waals surface area contributed by atoms with Crippen molar-refractivity contribution in [2.45, 2.75) is 16.8 Å². The van der Waals surface area contributed by atoms with Crippen LogP contribution in [0.3, 0.4) is 0 Å². The first-order valence-electron chi connectivity index (χ1n) is 11.3. The SMILES string of the molecule is C=C(C)C(=O)Nc1ccc(-c2c(-c3ccc(Sc4ccccc4)nc3)c3c(N)ncnc3n2C)cc1. The Bertz CT molecular complexity index is 1580. The summed E-state index contributed by atoms with van der Waals surface area (Å²) in [7, 11) is 1.96. The zero-order valence-corrected chi connectivity index (χ0v) is 20.7. The Morgan fingerprint density at radius 1 is 0.972 bits per heavy atom. The van der Waals surface area contributed by atoms with Gasteiger partial charge in [0.1, 0.15) is 22.8 Å². The predicted octanol–water partition coefficient (Wildman–Crippen LogP) is 5.95. The molecular weight excluding hydrogens is 468 g/mol. The Morgan fingerprint density at radius 2 is 1.69 bits per heavy atom. The molecule has 0 bridgehead atoms. The Balaban J connectivity index is 1.59. The summed E-state index contributed by atoms with van der Waals surface area (Å²) in [6, 6.07) is 21.8. The van der Waals surface area contributed by atoms with Crippen LogP contribution in [0.4, 0.5) is 11.5 Å². The topological polar surface area (TPSA) is 98.7 Å². The van der Waals surface area contributed by atoms with Crippen LogP contribution < -0.4 is 11.1 Å². The summed E-state index contributed by atoms with van der Waals surface area (Å²) in [4.78, 5) is 26.6. The third-order valence-corrected chi connectivity index (χ3v) is 6.75. The van der Waals surface area contributed by atoms with E-state index in [1.807, 2.05) is 72.4 Å². The van der Waals surface area contributed by atoms with Crippen LogP contribution in [0.1, 0.15) is 6.92 Å². The molecule has 2 aromatic carbocycles. The van der Waals surface area contributed by atoms with E-state index in [0.29, 0.717) is 17.1 Å². The third kappa shape index (κ3) is 4.46. The molecule has 0 fully saturated rings. The molecule has 0 atom stereocenters. The van der Waals surface area contributed by atoms with Crippen LogP contribution in [-0.2, 0) is 11.8 Å². The minimum Gasteiger partial charge on any atom is -0.383 e. The normalized spacial score (nSPS) is 10.9. The highest BCUT2D eigenvalue weighted by Gasteiger charge is 2.22. The molecular formula is C28H24N6OS. The molecule has 0 saturated carbocycles. The van der Waals surface area contributed by atoms with E-state index in [1.165, 1.54) is 6.33 Å². The number of nitrogen functional groups attached to an aromatic ring is 1. The lowest BCUT2D eigenvalue weighted by molar-refractivity contribution is -0.112. The fraction of sp³-hybridized carbons (Fsp3) is 0.0714. The van der Waals surface area contributed by atoms with E-state index < -0.39 is 0 Å². The number of pyridine rings is 1. The fourth-order valence-electron chi connectivity index (χ4n) is 4.04. The van der Waals surface area contributed by atoms with Crippen LogP contribution in [0.2, 0.25) is 0 Å². The predicted molar refractivity (Wildman–Crippen MR) is 146 cm³/mol. The highest BCUT2D eigenvalue weighted by atomic mass is 32.2. The largest absolute Gasteiger partial charge is 0.383 e. The van der Waals surface area contributed by atoms with Gasteiger partial charge in [0.15, 0.2) is 0 Å². The monoisotopic (exact) mass is 492 g/mol. The highest BCUT2D eigenvalue weighted by molar-refractivity contribution is 7.99. The van der Waals surface area contributed by atoms with Gasteiger partial charge in [0, 0.05) is 40.5 Å². The smallest absolute Gasteiger partial charge is 0.250 e. The number of hydrogen-bond donors (Lipinski definition) is 2. The number of amides is 1. The van der Waals surface area contributed by atoms with Gasteiger partial charge in [-0.15, -0.1) is 0 Å². The molecule has 0 aliphatic heterocycles. The molecule has 3 aromatic heterocycles. The minimum atomic E-state index is -0.212. The van der Waals surface area contributed by atoms with Crippen LogP contribution in [-0.4, -0.2) is 25.4 Å².